The van der Waals surface area contributed by atoms with E-state index in [1.807, 2.05) is 24.1 Å². The second-order valence-corrected chi connectivity index (χ2v) is 6.52. The average Bonchev–Trinajstić information content (AvgIpc) is 2.91. The lowest BCUT2D eigenvalue weighted by Crippen LogP contribution is -2.40. The Labute approximate surface area is 148 Å². The van der Waals surface area contributed by atoms with Gasteiger partial charge in [0, 0.05) is 25.3 Å². The van der Waals surface area contributed by atoms with Gasteiger partial charge in [0.1, 0.15) is 5.75 Å². The van der Waals surface area contributed by atoms with E-state index < -0.39 is 0 Å². The lowest BCUT2D eigenvalue weighted by Gasteiger charge is -2.21. The largest absolute Gasteiger partial charge is 0.497 e. The molecule has 6 heteroatoms. The van der Waals surface area contributed by atoms with Crippen LogP contribution in [0.3, 0.4) is 0 Å². The summed E-state index contributed by atoms with van der Waals surface area (Å²) in [6.07, 6.45) is 5.65. The number of carbonyl (C=O) groups excluding carboxylic acids is 1. The number of fused-ring (bicyclic) bond motifs is 1. The van der Waals surface area contributed by atoms with Gasteiger partial charge < -0.3 is 15.0 Å². The Morgan fingerprint density at radius 2 is 2.28 bits per heavy atom. The third-order valence-corrected chi connectivity index (χ3v) is 4.77. The van der Waals surface area contributed by atoms with Gasteiger partial charge in [-0.3, -0.25) is 5.10 Å². The fourth-order valence-electron chi connectivity index (χ4n) is 3.25. The molecule has 2 heterocycles. The normalized spacial score (nSPS) is 13.9. The van der Waals surface area contributed by atoms with E-state index in [-0.39, 0.29) is 6.03 Å². The minimum absolute atomic E-state index is 0.0209. The van der Waals surface area contributed by atoms with Crippen LogP contribution in [-0.2, 0) is 19.4 Å². The lowest BCUT2D eigenvalue weighted by molar-refractivity contribution is 0.196. The third kappa shape index (κ3) is 4.32. The van der Waals surface area contributed by atoms with Gasteiger partial charge in [-0.25, -0.2) is 4.79 Å². The number of nitrogens with one attached hydrogen (secondary N) is 2. The molecule has 2 N–H and O–H groups in total. The fraction of sp³-hybridized carbons (Fsp3) is 0.474. The summed E-state index contributed by atoms with van der Waals surface area (Å²) >= 11 is 0. The monoisotopic (exact) mass is 342 g/mol. The number of hydrogen-bond acceptors (Lipinski definition) is 3. The van der Waals surface area contributed by atoms with Crippen molar-refractivity contribution < 1.29 is 9.53 Å². The van der Waals surface area contributed by atoms with Gasteiger partial charge >= 0.3 is 6.03 Å². The van der Waals surface area contributed by atoms with Gasteiger partial charge in [0.2, 0.25) is 0 Å². The first-order chi connectivity index (χ1) is 12.2. The Kier molecular flexibility index (Phi) is 5.58. The molecule has 0 radical (unpaired) electrons. The number of H-pyrrole nitrogens is 1. The molecular formula is C19H26N4O2. The predicted octanol–water partition coefficient (Wildman–Crippen LogP) is 2.82. The summed E-state index contributed by atoms with van der Waals surface area (Å²) in [5.41, 5.74) is 4.81. The number of carbonyl (C=O) groups is 1. The molecule has 0 spiro atoms. The highest BCUT2D eigenvalue weighted by Crippen LogP contribution is 2.23. The van der Waals surface area contributed by atoms with Crippen LogP contribution in [0.2, 0.25) is 0 Å². The van der Waals surface area contributed by atoms with Gasteiger partial charge in [-0.05, 0) is 61.4 Å². The number of ether oxygens (including phenoxy) is 1. The number of benzene rings is 1. The van der Waals surface area contributed by atoms with E-state index in [2.05, 4.69) is 27.6 Å². The van der Waals surface area contributed by atoms with Crippen molar-refractivity contribution in [2.75, 3.05) is 20.2 Å². The molecule has 3 rings (SSSR count). The summed E-state index contributed by atoms with van der Waals surface area (Å²) in [5, 5.41) is 10.0. The highest BCUT2D eigenvalue weighted by atomic mass is 16.5. The van der Waals surface area contributed by atoms with Crippen LogP contribution in [0.5, 0.6) is 5.75 Å². The van der Waals surface area contributed by atoms with Gasteiger partial charge in [-0.1, -0.05) is 6.07 Å². The first kappa shape index (κ1) is 17.3. The minimum Gasteiger partial charge on any atom is -0.497 e. The van der Waals surface area contributed by atoms with Crippen molar-refractivity contribution in [2.24, 2.45) is 0 Å². The molecule has 134 valence electrons. The predicted molar refractivity (Wildman–Crippen MR) is 96.8 cm³/mol. The van der Waals surface area contributed by atoms with Gasteiger partial charge in [0.05, 0.1) is 13.3 Å². The molecule has 2 aromatic rings. The number of aromatic amines is 1. The van der Waals surface area contributed by atoms with E-state index in [9.17, 15) is 4.79 Å². The van der Waals surface area contributed by atoms with Crippen LogP contribution in [0.15, 0.2) is 24.4 Å². The molecule has 0 atom stereocenters. The SMILES string of the molecule is COc1ccc2c(c1)CCCN(C(=O)NCCCc1cn[nH]c1C)C2. The smallest absolute Gasteiger partial charge is 0.317 e. The molecule has 0 saturated carbocycles. The lowest BCUT2D eigenvalue weighted by atomic mass is 10.0. The zero-order valence-electron chi connectivity index (χ0n) is 15.0. The number of amides is 2. The Hall–Kier alpha value is -2.50. The maximum absolute atomic E-state index is 12.5. The molecule has 0 bridgehead atoms. The summed E-state index contributed by atoms with van der Waals surface area (Å²) in [6, 6.07) is 6.14. The van der Waals surface area contributed by atoms with E-state index in [4.69, 9.17) is 4.74 Å². The number of aryl methyl sites for hydroxylation is 3. The highest BCUT2D eigenvalue weighted by Gasteiger charge is 2.19. The van der Waals surface area contributed by atoms with Gasteiger partial charge in [0.15, 0.2) is 0 Å². The number of urea groups is 1. The van der Waals surface area contributed by atoms with Crippen LogP contribution in [0.1, 0.15) is 35.2 Å². The van der Waals surface area contributed by atoms with Crippen molar-refractivity contribution in [3.63, 3.8) is 0 Å². The van der Waals surface area contributed by atoms with Gasteiger partial charge in [-0.15, -0.1) is 0 Å². The number of nitrogens with zero attached hydrogens (tertiary/aromatic N) is 2. The maximum Gasteiger partial charge on any atom is 0.317 e. The molecule has 1 aromatic carbocycles. The zero-order chi connectivity index (χ0) is 17.6. The fourth-order valence-corrected chi connectivity index (χ4v) is 3.25. The number of methoxy groups -OCH3 is 1. The second kappa shape index (κ2) is 8.05. The number of hydrogen-bond donors (Lipinski definition) is 2. The van der Waals surface area contributed by atoms with Crippen molar-refractivity contribution >= 4 is 6.03 Å². The summed E-state index contributed by atoms with van der Waals surface area (Å²) in [6.45, 7) is 4.13. The standard InChI is InChI=1S/C19H26N4O2/c1-14-16(12-21-22-14)5-3-9-20-19(24)23-10-4-6-15-11-18(25-2)8-7-17(15)13-23/h7-8,11-12H,3-6,9-10,13H2,1-2H3,(H,20,24)(H,21,22). The van der Waals surface area contributed by atoms with Crippen LogP contribution in [0.4, 0.5) is 4.79 Å². The molecule has 25 heavy (non-hydrogen) atoms. The molecule has 1 aliphatic rings. The van der Waals surface area contributed by atoms with E-state index >= 15 is 0 Å². The molecule has 1 aliphatic heterocycles. The molecule has 0 unspecified atom stereocenters. The molecular weight excluding hydrogens is 316 g/mol. The second-order valence-electron chi connectivity index (χ2n) is 6.52. The van der Waals surface area contributed by atoms with Crippen molar-refractivity contribution in [2.45, 2.75) is 39.2 Å². The molecule has 0 saturated heterocycles. The van der Waals surface area contributed by atoms with Crippen molar-refractivity contribution in [3.05, 3.63) is 46.8 Å². The van der Waals surface area contributed by atoms with E-state index in [1.165, 1.54) is 16.7 Å². The minimum atomic E-state index is 0.0209. The van der Waals surface area contributed by atoms with Crippen LogP contribution >= 0.6 is 0 Å². The molecule has 1 aromatic heterocycles. The van der Waals surface area contributed by atoms with Crippen molar-refractivity contribution in [1.82, 2.24) is 20.4 Å². The summed E-state index contributed by atoms with van der Waals surface area (Å²) < 4.78 is 5.30. The Bertz CT molecular complexity index is 726. The number of rotatable bonds is 5. The average molecular weight is 342 g/mol. The van der Waals surface area contributed by atoms with Crippen LogP contribution in [-0.4, -0.2) is 41.3 Å². The first-order valence-corrected chi connectivity index (χ1v) is 8.85. The Morgan fingerprint density at radius 1 is 1.40 bits per heavy atom. The Morgan fingerprint density at radius 3 is 3.04 bits per heavy atom. The third-order valence-electron chi connectivity index (χ3n) is 4.77. The van der Waals surface area contributed by atoms with E-state index in [1.54, 1.807) is 7.11 Å². The summed E-state index contributed by atoms with van der Waals surface area (Å²) in [5.74, 6) is 0.881. The topological polar surface area (TPSA) is 70.2 Å². The Balaban J connectivity index is 1.50. The van der Waals surface area contributed by atoms with Crippen molar-refractivity contribution in [1.29, 1.82) is 0 Å². The van der Waals surface area contributed by atoms with Gasteiger partial charge in [0.25, 0.3) is 0 Å². The van der Waals surface area contributed by atoms with Crippen LogP contribution < -0.4 is 10.1 Å². The van der Waals surface area contributed by atoms with Gasteiger partial charge in [-0.2, -0.15) is 5.10 Å². The molecule has 2 amide bonds. The first-order valence-electron chi connectivity index (χ1n) is 8.85. The zero-order valence-corrected chi connectivity index (χ0v) is 15.0. The molecule has 6 nitrogen and oxygen atoms in total. The molecule has 0 fully saturated rings. The van der Waals surface area contributed by atoms with Crippen molar-refractivity contribution in [3.8, 4) is 5.75 Å². The van der Waals surface area contributed by atoms with Crippen LogP contribution in [0.25, 0.3) is 0 Å². The highest BCUT2D eigenvalue weighted by molar-refractivity contribution is 5.74. The quantitative estimate of drug-likeness (QED) is 0.821. The summed E-state index contributed by atoms with van der Waals surface area (Å²) in [4.78, 5) is 14.4. The molecule has 0 aliphatic carbocycles. The number of aromatic nitrogens is 2. The van der Waals surface area contributed by atoms with E-state index in [0.717, 1.165) is 43.7 Å². The maximum atomic E-state index is 12.5. The summed E-state index contributed by atoms with van der Waals surface area (Å²) in [7, 11) is 1.68. The van der Waals surface area contributed by atoms with Crippen LogP contribution in [0, 0.1) is 6.92 Å². The van der Waals surface area contributed by atoms with E-state index in [0.29, 0.717) is 13.1 Å².